The number of nitrogens with zero attached hydrogens (tertiary/aromatic N) is 3. The van der Waals surface area contributed by atoms with Crippen LogP contribution in [-0.2, 0) is 17.5 Å². The van der Waals surface area contributed by atoms with Crippen LogP contribution in [-0.4, -0.2) is 27.8 Å². The summed E-state index contributed by atoms with van der Waals surface area (Å²) in [6.45, 7) is 4.00. The average molecular weight is 430 g/mol. The lowest BCUT2D eigenvalue weighted by molar-refractivity contribution is -0.137. The minimum Gasteiger partial charge on any atom is -0.383 e. The van der Waals surface area contributed by atoms with E-state index in [4.69, 9.17) is 10.5 Å². The fraction of sp³-hybridized carbons (Fsp3) is 0.318. The van der Waals surface area contributed by atoms with Crippen LogP contribution in [0.4, 0.5) is 19.0 Å². The number of anilines is 1. The Hall–Kier alpha value is -3.20. The highest BCUT2D eigenvalue weighted by Gasteiger charge is 2.31. The fourth-order valence-electron chi connectivity index (χ4n) is 3.80. The summed E-state index contributed by atoms with van der Waals surface area (Å²) in [5.74, 6) is 0.138. The van der Waals surface area contributed by atoms with Gasteiger partial charge >= 0.3 is 6.18 Å². The molecule has 1 amide bonds. The van der Waals surface area contributed by atoms with E-state index in [1.165, 1.54) is 11.0 Å². The van der Waals surface area contributed by atoms with Crippen LogP contribution in [0.15, 0.2) is 36.5 Å². The van der Waals surface area contributed by atoms with Crippen LogP contribution in [0.2, 0.25) is 0 Å². The van der Waals surface area contributed by atoms with E-state index in [-0.39, 0.29) is 12.0 Å². The molecular formula is C22H21F3N4O2. The molecule has 1 aliphatic rings. The van der Waals surface area contributed by atoms with Gasteiger partial charge in [0.25, 0.3) is 5.91 Å². The van der Waals surface area contributed by atoms with Gasteiger partial charge in [-0.15, -0.1) is 0 Å². The number of nitrogens with two attached hydrogens (primary N) is 1. The van der Waals surface area contributed by atoms with E-state index in [1.54, 1.807) is 32.2 Å². The number of amides is 1. The first-order chi connectivity index (χ1) is 14.6. The van der Waals surface area contributed by atoms with E-state index in [1.807, 2.05) is 6.92 Å². The molecule has 9 heteroatoms. The Morgan fingerprint density at radius 1 is 1.29 bits per heavy atom. The summed E-state index contributed by atoms with van der Waals surface area (Å²) < 4.78 is 44.0. The van der Waals surface area contributed by atoms with Crippen LogP contribution in [0.3, 0.4) is 0 Å². The van der Waals surface area contributed by atoms with E-state index < -0.39 is 17.8 Å². The molecule has 0 unspecified atom stereocenters. The van der Waals surface area contributed by atoms with Crippen LogP contribution >= 0.6 is 0 Å². The quantitative estimate of drug-likeness (QED) is 0.654. The van der Waals surface area contributed by atoms with Crippen molar-refractivity contribution in [3.05, 3.63) is 64.5 Å². The van der Waals surface area contributed by atoms with Gasteiger partial charge in [-0.1, -0.05) is 0 Å². The fourth-order valence-corrected chi connectivity index (χ4v) is 3.80. The topological polar surface area (TPSA) is 81.3 Å². The standard InChI is InChI=1S/C22H21F3N4O2/c1-11(17-7-5-14(9-27-17)22(23,24)25)29(3)21(30)13-4-6-18-15(8-13)16-10-31-12(2)19(16)20(26)28-18/h4-9,11-12H,10H2,1-3H3,(H2,26,28)/t11-,12+/m0/s1. The van der Waals surface area contributed by atoms with Crippen molar-refractivity contribution in [1.29, 1.82) is 0 Å². The first-order valence-corrected chi connectivity index (χ1v) is 9.72. The number of carbonyl (C=O) groups excluding carboxylic acids is 1. The lowest BCUT2D eigenvalue weighted by atomic mass is 10.00. The molecule has 0 fully saturated rings. The highest BCUT2D eigenvalue weighted by atomic mass is 19.4. The molecule has 2 atom stereocenters. The Bertz CT molecular complexity index is 1160. The molecule has 0 spiro atoms. The third-order valence-corrected chi connectivity index (χ3v) is 5.74. The van der Waals surface area contributed by atoms with Crippen molar-refractivity contribution in [3.63, 3.8) is 0 Å². The van der Waals surface area contributed by atoms with E-state index in [0.29, 0.717) is 29.2 Å². The van der Waals surface area contributed by atoms with E-state index in [2.05, 4.69) is 9.97 Å². The number of benzene rings is 1. The normalized spacial score (nSPS) is 16.9. The van der Waals surface area contributed by atoms with Gasteiger partial charge in [-0.3, -0.25) is 9.78 Å². The molecular weight excluding hydrogens is 409 g/mol. The first-order valence-electron chi connectivity index (χ1n) is 9.72. The lowest BCUT2D eigenvalue weighted by Gasteiger charge is -2.25. The maximum Gasteiger partial charge on any atom is 0.417 e. The van der Waals surface area contributed by atoms with E-state index in [9.17, 15) is 18.0 Å². The number of rotatable bonds is 3. The minimum absolute atomic E-state index is 0.167. The van der Waals surface area contributed by atoms with Gasteiger partial charge in [0.1, 0.15) is 5.82 Å². The molecule has 3 aromatic rings. The lowest BCUT2D eigenvalue weighted by Crippen LogP contribution is -2.30. The monoisotopic (exact) mass is 430 g/mol. The maximum absolute atomic E-state index is 13.1. The summed E-state index contributed by atoms with van der Waals surface area (Å²) in [7, 11) is 1.59. The second kappa shape index (κ2) is 7.49. The molecule has 2 aromatic heterocycles. The van der Waals surface area contributed by atoms with Gasteiger partial charge in [-0.05, 0) is 49.7 Å². The summed E-state index contributed by atoms with van der Waals surface area (Å²) in [5, 5.41) is 0.799. The van der Waals surface area contributed by atoms with Gasteiger partial charge in [0, 0.05) is 29.8 Å². The van der Waals surface area contributed by atoms with E-state index in [0.717, 1.165) is 28.8 Å². The van der Waals surface area contributed by atoms with Crippen molar-refractivity contribution < 1.29 is 22.7 Å². The molecule has 6 nitrogen and oxygen atoms in total. The van der Waals surface area contributed by atoms with Crippen molar-refractivity contribution in [1.82, 2.24) is 14.9 Å². The number of fused-ring (bicyclic) bond motifs is 3. The van der Waals surface area contributed by atoms with Crippen LogP contribution in [0.1, 0.15) is 58.7 Å². The van der Waals surface area contributed by atoms with Crippen molar-refractivity contribution >= 4 is 22.6 Å². The molecule has 4 rings (SSSR count). The van der Waals surface area contributed by atoms with Crippen molar-refractivity contribution in [2.75, 3.05) is 12.8 Å². The second-order valence-corrected chi connectivity index (χ2v) is 7.64. The third kappa shape index (κ3) is 3.69. The number of pyridine rings is 2. The summed E-state index contributed by atoms with van der Waals surface area (Å²) in [6.07, 6.45) is -3.85. The molecule has 3 heterocycles. The number of aromatic nitrogens is 2. The predicted octanol–water partition coefficient (Wildman–Crippen LogP) is 4.66. The van der Waals surface area contributed by atoms with Crippen molar-refractivity contribution in [2.45, 2.75) is 38.8 Å². The van der Waals surface area contributed by atoms with Crippen LogP contribution in [0.25, 0.3) is 10.9 Å². The molecule has 0 saturated carbocycles. The predicted molar refractivity (Wildman–Crippen MR) is 109 cm³/mol. The maximum atomic E-state index is 13.1. The number of hydrogen-bond acceptors (Lipinski definition) is 5. The second-order valence-electron chi connectivity index (χ2n) is 7.64. The van der Waals surface area contributed by atoms with Crippen molar-refractivity contribution in [2.24, 2.45) is 0 Å². The number of alkyl halides is 3. The van der Waals surface area contributed by atoms with Crippen LogP contribution in [0, 0.1) is 0 Å². The summed E-state index contributed by atoms with van der Waals surface area (Å²) in [4.78, 5) is 22.9. The molecule has 1 aromatic carbocycles. The smallest absolute Gasteiger partial charge is 0.383 e. The Labute approximate surface area is 176 Å². The minimum atomic E-state index is -4.46. The number of hydrogen-bond donors (Lipinski definition) is 1. The number of ether oxygens (including phenoxy) is 1. The Morgan fingerprint density at radius 3 is 2.68 bits per heavy atom. The van der Waals surface area contributed by atoms with Gasteiger partial charge in [0.2, 0.25) is 0 Å². The highest BCUT2D eigenvalue weighted by molar-refractivity contribution is 5.99. The van der Waals surface area contributed by atoms with Gasteiger partial charge < -0.3 is 15.4 Å². The SMILES string of the molecule is C[C@H]1OCc2c1c(N)nc1ccc(C(=O)N(C)[C@@H](C)c3ccc(C(F)(F)F)cn3)cc21. The molecule has 2 N–H and O–H groups in total. The molecule has 1 aliphatic heterocycles. The van der Waals surface area contributed by atoms with Gasteiger partial charge in [-0.2, -0.15) is 13.2 Å². The number of carbonyl (C=O) groups is 1. The van der Waals surface area contributed by atoms with E-state index >= 15 is 0 Å². The van der Waals surface area contributed by atoms with Crippen LogP contribution < -0.4 is 5.73 Å². The molecule has 0 aliphatic carbocycles. The first kappa shape index (κ1) is 21.0. The van der Waals surface area contributed by atoms with Crippen LogP contribution in [0.5, 0.6) is 0 Å². The summed E-state index contributed by atoms with van der Waals surface area (Å²) in [5.41, 5.74) is 8.47. The molecule has 0 bridgehead atoms. The Balaban J connectivity index is 1.63. The molecule has 0 saturated heterocycles. The zero-order valence-corrected chi connectivity index (χ0v) is 17.2. The molecule has 31 heavy (non-hydrogen) atoms. The van der Waals surface area contributed by atoms with Gasteiger partial charge in [0.05, 0.1) is 35.5 Å². The highest BCUT2D eigenvalue weighted by Crippen LogP contribution is 2.38. The zero-order valence-electron chi connectivity index (χ0n) is 17.2. The third-order valence-electron chi connectivity index (χ3n) is 5.74. The van der Waals surface area contributed by atoms with Gasteiger partial charge in [0.15, 0.2) is 0 Å². The summed E-state index contributed by atoms with van der Waals surface area (Å²) in [6, 6.07) is 6.88. The average Bonchev–Trinajstić information content (AvgIpc) is 3.14. The summed E-state index contributed by atoms with van der Waals surface area (Å²) >= 11 is 0. The van der Waals surface area contributed by atoms with Crippen molar-refractivity contribution in [3.8, 4) is 0 Å². The number of nitrogen functional groups attached to an aromatic ring is 1. The Kier molecular flexibility index (Phi) is 5.09. The largest absolute Gasteiger partial charge is 0.417 e. The number of halogens is 3. The Morgan fingerprint density at radius 2 is 2.03 bits per heavy atom. The van der Waals surface area contributed by atoms with Gasteiger partial charge in [-0.25, -0.2) is 4.98 Å². The zero-order chi connectivity index (χ0) is 22.5. The molecule has 162 valence electrons. The molecule has 0 radical (unpaired) electrons.